The molecule has 1 aliphatic heterocycles. The first-order valence-corrected chi connectivity index (χ1v) is 13.6. The van der Waals surface area contributed by atoms with E-state index in [1.807, 2.05) is 4.90 Å². The number of hydrogen-bond acceptors (Lipinski definition) is 9. The van der Waals surface area contributed by atoms with Gasteiger partial charge in [-0.25, -0.2) is 0 Å². The zero-order valence-corrected chi connectivity index (χ0v) is 22.6. The van der Waals surface area contributed by atoms with E-state index in [1.165, 1.54) is 25.1 Å². The summed E-state index contributed by atoms with van der Waals surface area (Å²) >= 11 is 0. The second kappa shape index (κ2) is 9.99. The topological polar surface area (TPSA) is 158 Å². The van der Waals surface area contributed by atoms with Crippen molar-refractivity contribution in [1.29, 1.82) is 0 Å². The van der Waals surface area contributed by atoms with E-state index in [1.54, 1.807) is 6.07 Å². The number of carbonyl (C=O) groups is 5. The van der Waals surface area contributed by atoms with Gasteiger partial charge in [-0.2, -0.15) is 13.2 Å². The standard InChI is InChI=1S/C28H32F3N3O7/c1-33(2)21-16-10-13-9-15-12(11-34-7-5-14(6-8-34)28(29,30)31)3-4-17(35)19(15)22(36)18(13)24(38)27(16,41)25(39)20(23(21)37)26(32)40/h3-4,13-14,16,18,20-21,35,41H,5-11H2,1-2H3,(H2,32,40)/t13-,16-,18?,20?,21+,27-/m0/s1. The lowest BCUT2D eigenvalue weighted by molar-refractivity contribution is -0.185. The van der Waals surface area contributed by atoms with E-state index in [9.17, 15) is 47.4 Å². The molecule has 222 valence electrons. The van der Waals surface area contributed by atoms with Crippen LogP contribution in [-0.2, 0) is 32.1 Å². The van der Waals surface area contributed by atoms with Crippen molar-refractivity contribution in [3.63, 3.8) is 0 Å². The maximum absolute atomic E-state index is 13.9. The van der Waals surface area contributed by atoms with Crippen LogP contribution >= 0.6 is 0 Å². The first-order valence-electron chi connectivity index (χ1n) is 13.6. The van der Waals surface area contributed by atoms with Crippen molar-refractivity contribution < 1.29 is 47.4 Å². The Balaban J connectivity index is 1.50. The van der Waals surface area contributed by atoms with Crippen molar-refractivity contribution in [2.75, 3.05) is 27.2 Å². The summed E-state index contributed by atoms with van der Waals surface area (Å²) in [6.07, 6.45) is -4.33. The van der Waals surface area contributed by atoms with Crippen LogP contribution in [0.5, 0.6) is 5.75 Å². The van der Waals surface area contributed by atoms with Gasteiger partial charge in [-0.05, 0) is 76.0 Å². The van der Waals surface area contributed by atoms with Crippen LogP contribution in [0.1, 0.15) is 40.7 Å². The molecule has 2 unspecified atom stereocenters. The van der Waals surface area contributed by atoms with Crippen LogP contribution in [0.25, 0.3) is 0 Å². The molecule has 0 spiro atoms. The average Bonchev–Trinajstić information content (AvgIpc) is 2.87. The first-order chi connectivity index (χ1) is 19.1. The van der Waals surface area contributed by atoms with E-state index in [-0.39, 0.29) is 50.9 Å². The van der Waals surface area contributed by atoms with Crippen LogP contribution in [0.2, 0.25) is 0 Å². The van der Waals surface area contributed by atoms with E-state index < -0.39 is 82.2 Å². The smallest absolute Gasteiger partial charge is 0.391 e. The Morgan fingerprint density at radius 2 is 1.76 bits per heavy atom. The number of rotatable bonds is 4. The minimum atomic E-state index is -4.26. The van der Waals surface area contributed by atoms with Crippen LogP contribution in [0.4, 0.5) is 13.2 Å². The molecule has 4 N–H and O–H groups in total. The van der Waals surface area contributed by atoms with Gasteiger partial charge in [0.05, 0.1) is 23.4 Å². The van der Waals surface area contributed by atoms with Gasteiger partial charge in [0.15, 0.2) is 34.7 Å². The van der Waals surface area contributed by atoms with Crippen molar-refractivity contribution in [3.8, 4) is 5.75 Å². The van der Waals surface area contributed by atoms with Crippen molar-refractivity contribution in [2.24, 2.45) is 35.3 Å². The zero-order chi connectivity index (χ0) is 30.2. The number of phenols is 1. The van der Waals surface area contributed by atoms with E-state index >= 15 is 0 Å². The number of nitrogens with two attached hydrogens (primary N) is 1. The first kappa shape index (κ1) is 29.3. The highest BCUT2D eigenvalue weighted by Gasteiger charge is 2.69. The van der Waals surface area contributed by atoms with E-state index in [0.717, 1.165) is 0 Å². The highest BCUT2D eigenvalue weighted by Crippen LogP contribution is 2.51. The van der Waals surface area contributed by atoms with Crippen LogP contribution < -0.4 is 5.73 Å². The van der Waals surface area contributed by atoms with Gasteiger partial charge in [0, 0.05) is 12.5 Å². The second-order valence-corrected chi connectivity index (χ2v) is 12.0. The molecule has 0 radical (unpaired) electrons. The van der Waals surface area contributed by atoms with Gasteiger partial charge in [-0.15, -0.1) is 0 Å². The number of nitrogens with zero attached hydrogens (tertiary/aromatic N) is 2. The largest absolute Gasteiger partial charge is 0.507 e. The highest BCUT2D eigenvalue weighted by molar-refractivity contribution is 6.32. The summed E-state index contributed by atoms with van der Waals surface area (Å²) in [4.78, 5) is 69.5. The van der Waals surface area contributed by atoms with Gasteiger partial charge < -0.3 is 15.9 Å². The number of benzene rings is 1. The number of likely N-dealkylation sites (N-methyl/N-ethyl adjacent to an activating group) is 1. The molecule has 6 atom stereocenters. The van der Waals surface area contributed by atoms with E-state index in [2.05, 4.69) is 0 Å². The normalized spacial score (nSPS) is 33.0. The van der Waals surface area contributed by atoms with Crippen LogP contribution in [0, 0.1) is 29.6 Å². The molecule has 13 heteroatoms. The number of halogens is 3. The molecule has 3 aliphatic carbocycles. The lowest BCUT2D eigenvalue weighted by atomic mass is 9.52. The summed E-state index contributed by atoms with van der Waals surface area (Å²) in [5.41, 5.74) is 3.47. The summed E-state index contributed by atoms with van der Waals surface area (Å²) in [5, 5.41) is 22.3. The number of amides is 1. The van der Waals surface area contributed by atoms with Gasteiger partial charge in [-0.1, -0.05) is 6.07 Å². The number of Topliss-reactive ketones (excluding diaryl/α,β-unsaturated/α-hetero) is 4. The molecular weight excluding hydrogens is 547 g/mol. The van der Waals surface area contributed by atoms with Crippen LogP contribution in [0.3, 0.4) is 0 Å². The number of carbonyl (C=O) groups excluding carboxylic acids is 5. The summed E-state index contributed by atoms with van der Waals surface area (Å²) in [6, 6.07) is 1.69. The maximum atomic E-state index is 13.9. The number of piperidine rings is 1. The number of aromatic hydroxyl groups is 1. The van der Waals surface area contributed by atoms with Crippen molar-refractivity contribution in [2.45, 2.75) is 50.0 Å². The Labute approximate surface area is 233 Å². The van der Waals surface area contributed by atoms with Crippen LogP contribution in [0.15, 0.2) is 12.1 Å². The molecule has 1 saturated heterocycles. The van der Waals surface area contributed by atoms with Crippen molar-refractivity contribution in [1.82, 2.24) is 9.80 Å². The Morgan fingerprint density at radius 1 is 1.12 bits per heavy atom. The number of primary amides is 1. The summed E-state index contributed by atoms with van der Waals surface area (Å²) in [6.45, 7) is 0.628. The van der Waals surface area contributed by atoms with E-state index in [0.29, 0.717) is 11.1 Å². The summed E-state index contributed by atoms with van der Waals surface area (Å²) < 4.78 is 39.4. The van der Waals surface area contributed by atoms with Crippen molar-refractivity contribution in [3.05, 3.63) is 28.8 Å². The maximum Gasteiger partial charge on any atom is 0.391 e. The molecule has 4 aliphatic rings. The molecule has 1 aromatic carbocycles. The number of phenolic OH excluding ortho intramolecular Hbond substituents is 1. The quantitative estimate of drug-likeness (QED) is 0.436. The third kappa shape index (κ3) is 4.49. The number of alkyl halides is 3. The molecule has 2 saturated carbocycles. The number of likely N-dealkylation sites (tertiary alicyclic amines) is 1. The van der Waals surface area contributed by atoms with Gasteiger partial charge in [0.25, 0.3) is 0 Å². The minimum Gasteiger partial charge on any atom is -0.507 e. The lowest BCUT2D eigenvalue weighted by Gasteiger charge is -2.52. The molecule has 0 aromatic heterocycles. The number of aliphatic hydroxyl groups is 1. The van der Waals surface area contributed by atoms with Gasteiger partial charge >= 0.3 is 6.18 Å². The molecule has 1 heterocycles. The molecule has 41 heavy (non-hydrogen) atoms. The van der Waals surface area contributed by atoms with Crippen LogP contribution in [-0.4, -0.2) is 94.1 Å². The second-order valence-electron chi connectivity index (χ2n) is 12.0. The van der Waals surface area contributed by atoms with Gasteiger partial charge in [0.2, 0.25) is 5.91 Å². The third-order valence-electron chi connectivity index (χ3n) is 9.49. The molecule has 3 fully saturated rings. The SMILES string of the molecule is CN(C)[C@H]1C(=O)C(C(N)=O)C(=O)[C@@]2(O)C(=O)C3C(=O)c4c(O)ccc(CN5CCC(C(F)(F)F)CC5)c4C[C@H]3C[C@@H]12. The summed E-state index contributed by atoms with van der Waals surface area (Å²) in [7, 11) is 3.01. The number of ketones is 4. The van der Waals surface area contributed by atoms with E-state index in [4.69, 9.17) is 5.73 Å². The molecule has 1 amide bonds. The summed E-state index contributed by atoms with van der Waals surface area (Å²) in [5.74, 6) is -12.6. The predicted octanol–water partition coefficient (Wildman–Crippen LogP) is 0.641. The Morgan fingerprint density at radius 3 is 2.32 bits per heavy atom. The van der Waals surface area contributed by atoms with Gasteiger partial charge in [0.1, 0.15) is 5.75 Å². The lowest BCUT2D eigenvalue weighted by Crippen LogP contribution is -2.74. The molecule has 1 aromatic rings. The Hall–Kier alpha value is -3.16. The Bertz CT molecular complexity index is 1340. The molecule has 0 bridgehead atoms. The molecular formula is C28H32F3N3O7. The fraction of sp³-hybridized carbons (Fsp3) is 0.607. The third-order valence-corrected chi connectivity index (χ3v) is 9.49. The minimum absolute atomic E-state index is 0.0531. The highest BCUT2D eigenvalue weighted by atomic mass is 19.4. The average molecular weight is 580 g/mol. The number of fused-ring (bicyclic) bond motifs is 3. The molecule has 10 nitrogen and oxygen atoms in total. The predicted molar refractivity (Wildman–Crippen MR) is 135 cm³/mol. The van der Waals surface area contributed by atoms with Crippen molar-refractivity contribution >= 4 is 29.0 Å². The Kier molecular flexibility index (Phi) is 7.14. The van der Waals surface area contributed by atoms with Gasteiger partial charge in [-0.3, -0.25) is 33.8 Å². The fourth-order valence-electron chi connectivity index (χ4n) is 7.48. The zero-order valence-electron chi connectivity index (χ0n) is 22.6. The number of hydrogen-bond donors (Lipinski definition) is 3. The monoisotopic (exact) mass is 579 g/mol. The molecule has 5 rings (SSSR count). The fourth-order valence-corrected chi connectivity index (χ4v) is 7.48.